The second-order valence-electron chi connectivity index (χ2n) is 9.76. The number of nitrogens with zero attached hydrogens (tertiary/aromatic N) is 5. The number of nitrogens with one attached hydrogen (secondary N) is 1. The number of benzene rings is 1. The van der Waals surface area contributed by atoms with E-state index in [0.29, 0.717) is 11.5 Å². The Morgan fingerprint density at radius 2 is 1.97 bits per heavy atom. The number of fused-ring (bicyclic) bond motifs is 1. The third kappa shape index (κ3) is 3.99. The van der Waals surface area contributed by atoms with Crippen LogP contribution < -0.4 is 16.0 Å². The number of pyridine rings is 2. The number of hydrogen-bond acceptors (Lipinski definition) is 6. The van der Waals surface area contributed by atoms with Crippen molar-refractivity contribution in [3.05, 3.63) is 60.2 Å². The summed E-state index contributed by atoms with van der Waals surface area (Å²) in [6.07, 6.45) is 10.7. The minimum Gasteiger partial charge on any atom is -0.398 e. The molecule has 8 heteroatoms. The van der Waals surface area contributed by atoms with Gasteiger partial charge in [0.1, 0.15) is 11.6 Å². The van der Waals surface area contributed by atoms with Crippen LogP contribution in [-0.4, -0.2) is 38.7 Å². The molecule has 4 heterocycles. The number of nitrogen functional groups attached to an aromatic ring is 1. The van der Waals surface area contributed by atoms with Crippen LogP contribution in [0, 0.1) is 12.8 Å². The Morgan fingerprint density at radius 1 is 1.14 bits per heavy atom. The van der Waals surface area contributed by atoms with Crippen molar-refractivity contribution in [2.24, 2.45) is 13.0 Å². The van der Waals surface area contributed by atoms with Crippen LogP contribution >= 0.6 is 0 Å². The summed E-state index contributed by atoms with van der Waals surface area (Å²) in [5, 5.41) is 9.05. The van der Waals surface area contributed by atoms with Crippen molar-refractivity contribution < 1.29 is 4.79 Å². The average molecular weight is 468 g/mol. The summed E-state index contributed by atoms with van der Waals surface area (Å²) in [7, 11) is 1.89. The van der Waals surface area contributed by atoms with E-state index in [1.807, 2.05) is 43.8 Å². The van der Waals surface area contributed by atoms with Gasteiger partial charge in [0.2, 0.25) is 5.91 Å². The maximum absolute atomic E-state index is 12.9. The highest BCUT2D eigenvalue weighted by atomic mass is 16.2. The normalized spacial score (nSPS) is 19.3. The molecule has 2 fully saturated rings. The first-order chi connectivity index (χ1) is 17.0. The van der Waals surface area contributed by atoms with Crippen molar-refractivity contribution in [3.8, 4) is 11.1 Å². The zero-order valence-corrected chi connectivity index (χ0v) is 20.0. The standard InChI is InChI=1S/C27H29N7O/c1-16-5-6-29-26(34-7-3-4-8-34)25(16)18-9-17-11-24(30-14-22(17)23(28)10-18)32-27(35)21-12-20(21)19-13-31-33(2)15-19/h5-6,9-11,13-15,20-21H,3-4,7-8,12,28H2,1-2H3,(H,30,32,35)/t20-,21+/m1/s1. The number of hydrogen-bond donors (Lipinski definition) is 2. The van der Waals surface area contributed by atoms with Crippen LogP contribution in [0.15, 0.2) is 49.1 Å². The molecule has 0 unspecified atom stereocenters. The summed E-state index contributed by atoms with van der Waals surface area (Å²) in [5.74, 6) is 1.73. The highest BCUT2D eigenvalue weighted by Crippen LogP contribution is 2.48. The Kier molecular flexibility index (Phi) is 5.16. The minimum absolute atomic E-state index is 0.00532. The quantitative estimate of drug-likeness (QED) is 0.425. The molecular formula is C27H29N7O. The van der Waals surface area contributed by atoms with Gasteiger partial charge >= 0.3 is 0 Å². The topological polar surface area (TPSA) is 102 Å². The zero-order chi connectivity index (χ0) is 24.1. The fourth-order valence-electron chi connectivity index (χ4n) is 5.27. The molecule has 3 N–H and O–H groups in total. The van der Waals surface area contributed by atoms with Crippen molar-refractivity contribution in [2.45, 2.75) is 32.1 Å². The van der Waals surface area contributed by atoms with Gasteiger partial charge < -0.3 is 16.0 Å². The van der Waals surface area contributed by atoms with Crippen molar-refractivity contribution in [1.29, 1.82) is 0 Å². The lowest BCUT2D eigenvalue weighted by atomic mass is 9.97. The van der Waals surface area contributed by atoms with E-state index in [2.05, 4.69) is 33.3 Å². The summed E-state index contributed by atoms with van der Waals surface area (Å²) < 4.78 is 1.77. The molecule has 1 saturated heterocycles. The van der Waals surface area contributed by atoms with Gasteiger partial charge in [-0.1, -0.05) is 0 Å². The van der Waals surface area contributed by atoms with Gasteiger partial charge in [0.15, 0.2) is 0 Å². The molecule has 1 saturated carbocycles. The lowest BCUT2D eigenvalue weighted by Crippen LogP contribution is -2.20. The number of aryl methyl sites for hydroxylation is 2. The van der Waals surface area contributed by atoms with Crippen LogP contribution in [0.1, 0.15) is 36.3 Å². The van der Waals surface area contributed by atoms with Crippen molar-refractivity contribution >= 4 is 34.0 Å². The molecule has 2 atom stereocenters. The highest BCUT2D eigenvalue weighted by molar-refractivity contribution is 6.01. The largest absolute Gasteiger partial charge is 0.398 e. The van der Waals surface area contributed by atoms with Gasteiger partial charge in [-0.05, 0) is 78.4 Å². The number of amides is 1. The molecule has 8 nitrogen and oxygen atoms in total. The van der Waals surface area contributed by atoms with Crippen LogP contribution in [0.2, 0.25) is 0 Å². The molecule has 35 heavy (non-hydrogen) atoms. The molecule has 0 spiro atoms. The molecule has 1 aromatic carbocycles. The molecular weight excluding hydrogens is 438 g/mol. The number of anilines is 3. The molecule has 0 radical (unpaired) electrons. The van der Waals surface area contributed by atoms with Gasteiger partial charge in [0.05, 0.1) is 6.20 Å². The van der Waals surface area contributed by atoms with Gasteiger partial charge in [-0.25, -0.2) is 9.97 Å². The van der Waals surface area contributed by atoms with Gasteiger partial charge in [-0.15, -0.1) is 0 Å². The molecule has 178 valence electrons. The Balaban J connectivity index is 1.30. The van der Waals surface area contributed by atoms with E-state index >= 15 is 0 Å². The van der Waals surface area contributed by atoms with E-state index in [4.69, 9.17) is 10.7 Å². The molecule has 3 aromatic heterocycles. The first kappa shape index (κ1) is 21.6. The van der Waals surface area contributed by atoms with Gasteiger partial charge in [-0.2, -0.15) is 5.10 Å². The monoisotopic (exact) mass is 467 g/mol. The second-order valence-corrected chi connectivity index (χ2v) is 9.76. The van der Waals surface area contributed by atoms with Gasteiger partial charge in [0.25, 0.3) is 0 Å². The van der Waals surface area contributed by atoms with Crippen LogP contribution in [0.4, 0.5) is 17.3 Å². The number of carbonyl (C=O) groups is 1. The Labute approximate surface area is 204 Å². The number of rotatable bonds is 5. The predicted molar refractivity (Wildman–Crippen MR) is 138 cm³/mol. The van der Waals surface area contributed by atoms with E-state index in [1.54, 1.807) is 10.9 Å². The van der Waals surface area contributed by atoms with Crippen molar-refractivity contribution in [2.75, 3.05) is 29.0 Å². The molecule has 1 aliphatic heterocycles. The highest BCUT2D eigenvalue weighted by Gasteiger charge is 2.44. The molecule has 1 aliphatic carbocycles. The van der Waals surface area contributed by atoms with Crippen LogP contribution in [-0.2, 0) is 11.8 Å². The van der Waals surface area contributed by atoms with E-state index in [1.165, 1.54) is 18.4 Å². The predicted octanol–water partition coefficient (Wildman–Crippen LogP) is 4.26. The third-order valence-electron chi connectivity index (χ3n) is 7.23. The van der Waals surface area contributed by atoms with E-state index < -0.39 is 0 Å². The van der Waals surface area contributed by atoms with Crippen molar-refractivity contribution in [3.63, 3.8) is 0 Å². The summed E-state index contributed by atoms with van der Waals surface area (Å²) in [4.78, 5) is 24.4. The number of carbonyl (C=O) groups excluding carboxylic acids is 1. The summed E-state index contributed by atoms with van der Waals surface area (Å²) in [6, 6.07) is 8.09. The first-order valence-electron chi connectivity index (χ1n) is 12.2. The number of aromatic nitrogens is 4. The number of nitrogens with two attached hydrogens (primary N) is 1. The average Bonchev–Trinajstić information content (AvgIpc) is 3.21. The fraction of sp³-hybridized carbons (Fsp3) is 0.333. The van der Waals surface area contributed by atoms with Crippen LogP contribution in [0.3, 0.4) is 0 Å². The molecule has 4 aromatic rings. The van der Waals surface area contributed by atoms with E-state index in [-0.39, 0.29) is 17.7 Å². The smallest absolute Gasteiger partial charge is 0.229 e. The second kappa shape index (κ2) is 8.37. The van der Waals surface area contributed by atoms with E-state index in [0.717, 1.165) is 52.8 Å². The van der Waals surface area contributed by atoms with Crippen molar-refractivity contribution in [1.82, 2.24) is 19.7 Å². The summed E-state index contributed by atoms with van der Waals surface area (Å²) in [5.41, 5.74) is 11.6. The molecule has 0 bridgehead atoms. The molecule has 1 amide bonds. The maximum Gasteiger partial charge on any atom is 0.229 e. The minimum atomic E-state index is -0.0471. The van der Waals surface area contributed by atoms with Gasteiger partial charge in [-0.3, -0.25) is 9.48 Å². The van der Waals surface area contributed by atoms with Crippen LogP contribution in [0.25, 0.3) is 21.9 Å². The molecule has 2 aliphatic rings. The third-order valence-corrected chi connectivity index (χ3v) is 7.23. The van der Waals surface area contributed by atoms with Crippen LogP contribution in [0.5, 0.6) is 0 Å². The Hall–Kier alpha value is -3.94. The summed E-state index contributed by atoms with van der Waals surface area (Å²) >= 11 is 0. The Morgan fingerprint density at radius 3 is 2.74 bits per heavy atom. The van der Waals surface area contributed by atoms with Gasteiger partial charge in [0, 0.05) is 61.3 Å². The van der Waals surface area contributed by atoms with E-state index in [9.17, 15) is 4.79 Å². The lowest BCUT2D eigenvalue weighted by molar-refractivity contribution is -0.117. The fourth-order valence-corrected chi connectivity index (χ4v) is 5.27. The zero-order valence-electron chi connectivity index (χ0n) is 20.0. The maximum atomic E-state index is 12.9. The lowest BCUT2D eigenvalue weighted by Gasteiger charge is -2.22. The SMILES string of the molecule is Cc1ccnc(N2CCCC2)c1-c1cc(N)c2cnc(NC(=O)[C@H]3C[C@@H]3c3cnn(C)c3)cc2c1. The Bertz CT molecular complexity index is 1440. The molecule has 6 rings (SSSR count). The first-order valence-corrected chi connectivity index (χ1v) is 12.2. The summed E-state index contributed by atoms with van der Waals surface area (Å²) in [6.45, 7) is 4.16.